The Kier molecular flexibility index (Phi) is 4.65. The van der Waals surface area contributed by atoms with E-state index in [1.807, 2.05) is 50.8 Å². The van der Waals surface area contributed by atoms with E-state index < -0.39 is 5.60 Å². The van der Waals surface area contributed by atoms with Crippen LogP contribution < -0.4 is 4.90 Å². The summed E-state index contributed by atoms with van der Waals surface area (Å²) in [6.45, 7) is 8.42. The van der Waals surface area contributed by atoms with Crippen molar-refractivity contribution < 1.29 is 9.53 Å². The molecular formula is C18H25N5O2. The number of aryl methyl sites for hydroxylation is 1. The molecule has 1 fully saturated rings. The quantitative estimate of drug-likeness (QED) is 0.838. The smallest absolute Gasteiger partial charge is 0.410 e. The van der Waals surface area contributed by atoms with Crippen molar-refractivity contribution in [3.8, 4) is 11.3 Å². The second kappa shape index (κ2) is 6.74. The van der Waals surface area contributed by atoms with Gasteiger partial charge in [0.05, 0.1) is 5.69 Å². The zero-order valence-electron chi connectivity index (χ0n) is 15.3. The molecule has 0 aliphatic carbocycles. The predicted octanol–water partition coefficient (Wildman–Crippen LogP) is 2.54. The second-order valence-electron chi connectivity index (χ2n) is 7.20. The molecule has 0 bridgehead atoms. The highest BCUT2D eigenvalue weighted by molar-refractivity contribution is 5.68. The van der Waals surface area contributed by atoms with Gasteiger partial charge in [-0.05, 0) is 39.0 Å². The molecule has 2 aromatic heterocycles. The summed E-state index contributed by atoms with van der Waals surface area (Å²) in [6.07, 6.45) is 3.40. The first-order valence-electron chi connectivity index (χ1n) is 8.51. The van der Waals surface area contributed by atoms with E-state index in [2.05, 4.69) is 21.0 Å². The molecule has 0 atom stereocenters. The van der Waals surface area contributed by atoms with E-state index in [0.717, 1.165) is 30.2 Å². The van der Waals surface area contributed by atoms with Crippen molar-refractivity contribution >= 4 is 11.9 Å². The number of carbonyl (C=O) groups excluding carboxylic acids is 1. The number of rotatable bonds is 2. The van der Waals surface area contributed by atoms with Gasteiger partial charge >= 0.3 is 6.09 Å². The first-order chi connectivity index (χ1) is 11.8. The Hall–Kier alpha value is -2.57. The van der Waals surface area contributed by atoms with Gasteiger partial charge in [0, 0.05) is 51.2 Å². The summed E-state index contributed by atoms with van der Waals surface area (Å²) in [5.74, 6) is 0.926. The van der Waals surface area contributed by atoms with Crippen LogP contribution in [0.15, 0.2) is 30.6 Å². The molecule has 3 rings (SSSR count). The monoisotopic (exact) mass is 343 g/mol. The van der Waals surface area contributed by atoms with Crippen LogP contribution in [0.2, 0.25) is 0 Å². The number of nitrogens with zero attached hydrogens (tertiary/aromatic N) is 5. The van der Waals surface area contributed by atoms with Gasteiger partial charge in [-0.2, -0.15) is 5.10 Å². The van der Waals surface area contributed by atoms with Crippen LogP contribution in [-0.4, -0.2) is 57.5 Å². The van der Waals surface area contributed by atoms with E-state index in [1.54, 1.807) is 11.1 Å². The van der Waals surface area contributed by atoms with Gasteiger partial charge in [-0.25, -0.2) is 9.78 Å². The molecule has 0 spiro atoms. The van der Waals surface area contributed by atoms with E-state index in [0.29, 0.717) is 13.1 Å². The van der Waals surface area contributed by atoms with E-state index in [1.165, 1.54) is 0 Å². The van der Waals surface area contributed by atoms with Gasteiger partial charge in [0.15, 0.2) is 0 Å². The molecule has 1 aliphatic rings. The minimum Gasteiger partial charge on any atom is -0.444 e. The first-order valence-corrected chi connectivity index (χ1v) is 8.51. The van der Waals surface area contributed by atoms with Crippen LogP contribution in [0.4, 0.5) is 10.6 Å². The van der Waals surface area contributed by atoms with Crippen molar-refractivity contribution in [2.75, 3.05) is 31.1 Å². The fourth-order valence-electron chi connectivity index (χ4n) is 2.83. The lowest BCUT2D eigenvalue weighted by atomic mass is 10.2. The maximum atomic E-state index is 12.1. The topological polar surface area (TPSA) is 63.5 Å². The Labute approximate surface area is 148 Å². The first kappa shape index (κ1) is 17.3. The lowest BCUT2D eigenvalue weighted by molar-refractivity contribution is 0.0240. The highest BCUT2D eigenvalue weighted by atomic mass is 16.6. The number of aromatic nitrogens is 3. The normalized spacial score (nSPS) is 15.4. The van der Waals surface area contributed by atoms with Crippen LogP contribution >= 0.6 is 0 Å². The van der Waals surface area contributed by atoms with Crippen molar-refractivity contribution in [2.24, 2.45) is 7.05 Å². The van der Waals surface area contributed by atoms with Crippen LogP contribution in [0.3, 0.4) is 0 Å². The molecule has 3 heterocycles. The maximum absolute atomic E-state index is 12.1. The molecule has 0 radical (unpaired) electrons. The summed E-state index contributed by atoms with van der Waals surface area (Å²) in [4.78, 5) is 20.6. The summed E-state index contributed by atoms with van der Waals surface area (Å²) >= 11 is 0. The number of carbonyl (C=O) groups is 1. The fourth-order valence-corrected chi connectivity index (χ4v) is 2.83. The van der Waals surface area contributed by atoms with Gasteiger partial charge in [-0.1, -0.05) is 0 Å². The molecule has 2 aromatic rings. The van der Waals surface area contributed by atoms with Gasteiger partial charge in [-0.15, -0.1) is 0 Å². The van der Waals surface area contributed by atoms with Crippen molar-refractivity contribution in [3.05, 3.63) is 30.6 Å². The molecule has 1 saturated heterocycles. The van der Waals surface area contributed by atoms with Crippen molar-refractivity contribution in [3.63, 3.8) is 0 Å². The molecule has 25 heavy (non-hydrogen) atoms. The minimum atomic E-state index is -0.461. The van der Waals surface area contributed by atoms with Gasteiger partial charge in [-0.3, -0.25) is 4.68 Å². The number of ether oxygens (including phenoxy) is 1. The summed E-state index contributed by atoms with van der Waals surface area (Å²) in [5.41, 5.74) is 1.61. The molecule has 1 amide bonds. The fraction of sp³-hybridized carbons (Fsp3) is 0.500. The standard InChI is InChI=1S/C18H25N5O2/c1-18(2,3)25-17(24)23-11-9-22(10-12-23)16-6-5-14(13-19-16)15-7-8-20-21(15)4/h5-8,13H,9-12H2,1-4H3. The molecule has 7 heteroatoms. The highest BCUT2D eigenvalue weighted by Crippen LogP contribution is 2.21. The van der Waals surface area contributed by atoms with Crippen LogP contribution in [0.1, 0.15) is 20.8 Å². The summed E-state index contributed by atoms with van der Waals surface area (Å²) in [5, 5.41) is 4.18. The third-order valence-electron chi connectivity index (χ3n) is 4.12. The number of hydrogen-bond acceptors (Lipinski definition) is 5. The van der Waals surface area contributed by atoms with E-state index in [4.69, 9.17) is 4.74 Å². The SMILES string of the molecule is Cn1nccc1-c1ccc(N2CCN(C(=O)OC(C)(C)C)CC2)nc1. The number of hydrogen-bond donors (Lipinski definition) is 0. The Morgan fingerprint density at radius 1 is 1.12 bits per heavy atom. The summed E-state index contributed by atoms with van der Waals surface area (Å²) in [7, 11) is 1.92. The highest BCUT2D eigenvalue weighted by Gasteiger charge is 2.26. The predicted molar refractivity (Wildman–Crippen MR) is 96.5 cm³/mol. The Morgan fingerprint density at radius 3 is 2.36 bits per heavy atom. The van der Waals surface area contributed by atoms with E-state index in [-0.39, 0.29) is 6.09 Å². The Balaban J connectivity index is 1.60. The Bertz CT molecular complexity index is 725. The lowest BCUT2D eigenvalue weighted by Gasteiger charge is -2.36. The zero-order valence-corrected chi connectivity index (χ0v) is 15.3. The molecule has 0 aromatic carbocycles. The van der Waals surface area contributed by atoms with Crippen LogP contribution in [0.5, 0.6) is 0 Å². The third-order valence-corrected chi connectivity index (χ3v) is 4.12. The molecule has 134 valence electrons. The lowest BCUT2D eigenvalue weighted by Crippen LogP contribution is -2.50. The number of anilines is 1. The molecule has 1 aliphatic heterocycles. The van der Waals surface area contributed by atoms with Gasteiger partial charge in [0.2, 0.25) is 0 Å². The Morgan fingerprint density at radius 2 is 1.84 bits per heavy atom. The van der Waals surface area contributed by atoms with Crippen LogP contribution in [0, 0.1) is 0 Å². The van der Waals surface area contributed by atoms with Crippen molar-refractivity contribution in [2.45, 2.75) is 26.4 Å². The average Bonchev–Trinajstić information content (AvgIpc) is 3.00. The minimum absolute atomic E-state index is 0.244. The van der Waals surface area contributed by atoms with Crippen molar-refractivity contribution in [1.29, 1.82) is 0 Å². The van der Waals surface area contributed by atoms with E-state index >= 15 is 0 Å². The van der Waals surface area contributed by atoms with E-state index in [9.17, 15) is 4.79 Å². The van der Waals surface area contributed by atoms with Crippen LogP contribution in [0.25, 0.3) is 11.3 Å². The largest absolute Gasteiger partial charge is 0.444 e. The van der Waals surface area contributed by atoms with Gasteiger partial charge in [0.1, 0.15) is 11.4 Å². The number of amides is 1. The van der Waals surface area contributed by atoms with Gasteiger partial charge in [0.25, 0.3) is 0 Å². The average molecular weight is 343 g/mol. The summed E-state index contributed by atoms with van der Waals surface area (Å²) < 4.78 is 7.26. The molecule has 0 unspecified atom stereocenters. The number of piperazine rings is 1. The summed E-state index contributed by atoms with van der Waals surface area (Å²) in [6, 6.07) is 6.04. The number of pyridine rings is 1. The molecular weight excluding hydrogens is 318 g/mol. The molecule has 7 nitrogen and oxygen atoms in total. The zero-order chi connectivity index (χ0) is 18.0. The van der Waals surface area contributed by atoms with Crippen LogP contribution in [-0.2, 0) is 11.8 Å². The third kappa shape index (κ3) is 4.10. The second-order valence-corrected chi connectivity index (χ2v) is 7.20. The van der Waals surface area contributed by atoms with Crippen molar-refractivity contribution in [1.82, 2.24) is 19.7 Å². The molecule has 0 N–H and O–H groups in total. The maximum Gasteiger partial charge on any atom is 0.410 e. The van der Waals surface area contributed by atoms with Gasteiger partial charge < -0.3 is 14.5 Å². The molecule has 0 saturated carbocycles.